The molecule has 0 heterocycles. The Morgan fingerprint density at radius 3 is 2.21 bits per heavy atom. The van der Waals surface area contributed by atoms with Crippen LogP contribution in [0.1, 0.15) is 85.5 Å². The third-order valence-corrected chi connectivity index (χ3v) is 10.2. The molecular weight excluding hydrogens is 430 g/mol. The van der Waals surface area contributed by atoms with E-state index in [0.29, 0.717) is 22.5 Å². The maximum atomic E-state index is 12.2. The van der Waals surface area contributed by atoms with Gasteiger partial charge in [0.2, 0.25) is 0 Å². The average Bonchev–Trinajstić information content (AvgIpc) is 3.10. The van der Waals surface area contributed by atoms with Gasteiger partial charge in [0.05, 0.1) is 6.54 Å². The Bertz CT molecular complexity index is 766. The summed E-state index contributed by atoms with van der Waals surface area (Å²) < 4.78 is 4.33. The fourth-order valence-corrected chi connectivity index (χ4v) is 8.59. The fraction of sp³-hybridized carbons (Fsp3) is 0.893. The van der Waals surface area contributed by atoms with Crippen molar-refractivity contribution >= 4 is 17.7 Å². The Morgan fingerprint density at radius 2 is 1.59 bits per heavy atom. The number of hydrogen-bond donors (Lipinski definition) is 1. The second-order valence-electron chi connectivity index (χ2n) is 12.6. The summed E-state index contributed by atoms with van der Waals surface area (Å²) in [6.07, 6.45) is 12.6. The maximum absolute atomic E-state index is 12.2. The van der Waals surface area contributed by atoms with Gasteiger partial charge in [0, 0.05) is 5.92 Å². The zero-order valence-electron chi connectivity index (χ0n) is 22.3. The van der Waals surface area contributed by atoms with Crippen molar-refractivity contribution in [3.63, 3.8) is 0 Å². The summed E-state index contributed by atoms with van der Waals surface area (Å²) in [6.45, 7) is 8.99. The summed E-state index contributed by atoms with van der Waals surface area (Å²) in [5.74, 6) is 3.83. The second-order valence-corrected chi connectivity index (χ2v) is 12.6. The Kier molecular flexibility index (Phi) is 8.53. The van der Waals surface area contributed by atoms with Gasteiger partial charge in [-0.1, -0.05) is 27.2 Å². The van der Waals surface area contributed by atoms with Crippen molar-refractivity contribution in [1.29, 1.82) is 0 Å². The minimum Gasteiger partial charge on any atom is -0.479 e. The van der Waals surface area contributed by atoms with E-state index in [1.165, 1.54) is 57.8 Å². The lowest BCUT2D eigenvalue weighted by Gasteiger charge is -2.61. The number of nitrogens with zero attached hydrogens (tertiary/aromatic N) is 1. The number of likely N-dealkylation sites (N-methyl/N-ethyl adjacent to an activating group) is 1. The Balaban J connectivity index is 0.000000252. The van der Waals surface area contributed by atoms with Crippen molar-refractivity contribution in [1.82, 2.24) is 4.90 Å². The maximum Gasteiger partial charge on any atom is 0.341 e. The highest BCUT2D eigenvalue weighted by Crippen LogP contribution is 2.67. The molecule has 194 valence electrons. The third-order valence-electron chi connectivity index (χ3n) is 10.2. The van der Waals surface area contributed by atoms with Crippen LogP contribution in [0.4, 0.5) is 0 Å². The zero-order valence-corrected chi connectivity index (χ0v) is 22.3. The molecule has 4 rings (SSSR count). The van der Waals surface area contributed by atoms with E-state index in [-0.39, 0.29) is 6.54 Å². The van der Waals surface area contributed by atoms with Crippen LogP contribution in [0.25, 0.3) is 0 Å². The molecule has 4 saturated carbocycles. The van der Waals surface area contributed by atoms with Crippen LogP contribution in [0.3, 0.4) is 0 Å². The van der Waals surface area contributed by atoms with Crippen LogP contribution >= 0.6 is 0 Å². The number of aliphatic carboxylic acids is 1. The van der Waals surface area contributed by atoms with Crippen LogP contribution < -0.4 is 0 Å². The van der Waals surface area contributed by atoms with Gasteiger partial charge in [-0.15, -0.1) is 0 Å². The second kappa shape index (κ2) is 10.7. The van der Waals surface area contributed by atoms with Crippen LogP contribution in [0.15, 0.2) is 0 Å². The van der Waals surface area contributed by atoms with Crippen LogP contribution in [0, 0.1) is 46.3 Å². The number of esters is 1. The van der Waals surface area contributed by atoms with Crippen LogP contribution in [-0.4, -0.2) is 55.0 Å². The van der Waals surface area contributed by atoms with Crippen molar-refractivity contribution < 1.29 is 24.2 Å². The van der Waals surface area contributed by atoms with Crippen molar-refractivity contribution in [3.05, 3.63) is 0 Å². The molecule has 4 aliphatic carbocycles. The lowest BCUT2D eigenvalue weighted by molar-refractivity contribution is -0.155. The topological polar surface area (TPSA) is 83.9 Å². The normalized spacial score (nSPS) is 40.8. The standard InChI is InChI=1S/C22H36O.C6H11NO4/c1-14-9-11-21(3)16(13-14)5-6-17-19-8-7-18(15(2)23)22(19,4)12-10-20(17)21;1-7(2)3-6(10)11-4-5(8)9/h14,16-20H,5-13H2,1-4H3;3-4H2,1-2H3,(H,8,9). The number of carbonyl (C=O) groups excluding carboxylic acids is 2. The van der Waals surface area contributed by atoms with Crippen LogP contribution in [0.5, 0.6) is 0 Å². The zero-order chi connectivity index (χ0) is 25.3. The predicted octanol–water partition coefficient (Wildman–Crippen LogP) is 5.05. The molecule has 4 aliphatic rings. The van der Waals surface area contributed by atoms with Gasteiger partial charge in [0.25, 0.3) is 0 Å². The summed E-state index contributed by atoms with van der Waals surface area (Å²) in [5, 5.41) is 8.11. The molecule has 0 radical (unpaired) electrons. The van der Waals surface area contributed by atoms with Crippen molar-refractivity contribution in [3.8, 4) is 0 Å². The van der Waals surface area contributed by atoms with E-state index in [1.54, 1.807) is 19.0 Å². The fourth-order valence-electron chi connectivity index (χ4n) is 8.59. The SMILES string of the molecule is CC(=O)C1CCC2C3CCC4CC(C)CCC4(C)C3CCC12C.CN(C)CC(=O)OCC(=O)O. The van der Waals surface area contributed by atoms with Crippen LogP contribution in [0.2, 0.25) is 0 Å². The number of ether oxygens (including phenoxy) is 1. The molecule has 0 aromatic carbocycles. The first-order valence-corrected chi connectivity index (χ1v) is 13.4. The highest BCUT2D eigenvalue weighted by Gasteiger charge is 2.60. The minimum absolute atomic E-state index is 0.104. The lowest BCUT2D eigenvalue weighted by atomic mass is 9.44. The molecule has 0 aromatic rings. The number of hydrogen-bond acceptors (Lipinski definition) is 5. The summed E-state index contributed by atoms with van der Waals surface area (Å²) >= 11 is 0. The summed E-state index contributed by atoms with van der Waals surface area (Å²) in [5.41, 5.74) is 0.948. The first-order chi connectivity index (χ1) is 15.9. The predicted molar refractivity (Wildman–Crippen MR) is 132 cm³/mol. The molecule has 6 heteroatoms. The van der Waals surface area contributed by atoms with Gasteiger partial charge in [-0.2, -0.15) is 0 Å². The van der Waals surface area contributed by atoms with E-state index in [4.69, 9.17) is 5.11 Å². The van der Waals surface area contributed by atoms with Crippen molar-refractivity contribution in [2.75, 3.05) is 27.2 Å². The molecule has 0 amide bonds. The molecule has 6 nitrogen and oxygen atoms in total. The van der Waals surface area contributed by atoms with Gasteiger partial charge in [-0.25, -0.2) is 4.79 Å². The molecule has 1 N–H and O–H groups in total. The van der Waals surface area contributed by atoms with Gasteiger partial charge in [0.1, 0.15) is 5.78 Å². The molecule has 4 fully saturated rings. The summed E-state index contributed by atoms with van der Waals surface area (Å²) in [4.78, 5) is 34.3. The number of ketones is 1. The first kappa shape index (κ1) is 27.2. The minimum atomic E-state index is -1.14. The highest BCUT2D eigenvalue weighted by molar-refractivity contribution is 5.79. The van der Waals surface area contributed by atoms with E-state index >= 15 is 0 Å². The van der Waals surface area contributed by atoms with E-state index < -0.39 is 18.5 Å². The molecular formula is C28H47NO5. The largest absolute Gasteiger partial charge is 0.479 e. The van der Waals surface area contributed by atoms with E-state index in [0.717, 1.165) is 29.6 Å². The smallest absolute Gasteiger partial charge is 0.341 e. The van der Waals surface area contributed by atoms with E-state index in [9.17, 15) is 14.4 Å². The first-order valence-electron chi connectivity index (χ1n) is 13.4. The van der Waals surface area contributed by atoms with Gasteiger partial charge < -0.3 is 9.84 Å². The number of Topliss-reactive ketones (excluding diaryl/α,β-unsaturated/α-hetero) is 1. The Labute approximate surface area is 206 Å². The number of carboxylic acid groups (broad SMARTS) is 1. The summed E-state index contributed by atoms with van der Waals surface area (Å²) in [7, 11) is 3.39. The van der Waals surface area contributed by atoms with E-state index in [1.807, 2.05) is 6.92 Å². The number of fused-ring (bicyclic) bond motifs is 5. The lowest BCUT2D eigenvalue weighted by Crippen LogP contribution is -2.53. The molecule has 8 unspecified atom stereocenters. The molecule has 0 aliphatic heterocycles. The third kappa shape index (κ3) is 5.52. The van der Waals surface area contributed by atoms with Gasteiger partial charge in [-0.3, -0.25) is 14.5 Å². The Morgan fingerprint density at radius 1 is 0.941 bits per heavy atom. The van der Waals surface area contributed by atoms with Crippen LogP contribution in [-0.2, 0) is 19.1 Å². The number of carbonyl (C=O) groups is 3. The molecule has 0 spiro atoms. The average molecular weight is 478 g/mol. The molecule has 8 atom stereocenters. The van der Waals surface area contributed by atoms with E-state index in [2.05, 4.69) is 25.5 Å². The van der Waals surface area contributed by atoms with Crippen molar-refractivity contribution in [2.45, 2.75) is 85.5 Å². The van der Waals surface area contributed by atoms with Crippen molar-refractivity contribution in [2.24, 2.45) is 46.3 Å². The molecule has 0 aromatic heterocycles. The highest BCUT2D eigenvalue weighted by atomic mass is 16.5. The summed E-state index contributed by atoms with van der Waals surface area (Å²) in [6, 6.07) is 0. The quantitative estimate of drug-likeness (QED) is 0.558. The van der Waals surface area contributed by atoms with Gasteiger partial charge in [0.15, 0.2) is 6.61 Å². The monoisotopic (exact) mass is 477 g/mol. The number of carboxylic acids is 1. The molecule has 34 heavy (non-hydrogen) atoms. The molecule has 0 saturated heterocycles. The van der Waals surface area contributed by atoms with Gasteiger partial charge in [-0.05, 0) is 113 Å². The molecule has 0 bridgehead atoms. The van der Waals surface area contributed by atoms with Gasteiger partial charge >= 0.3 is 11.9 Å². The number of rotatable bonds is 5. The Hall–Kier alpha value is -1.43.